The van der Waals surface area contributed by atoms with Gasteiger partial charge in [0.2, 0.25) is 0 Å². The van der Waals surface area contributed by atoms with Gasteiger partial charge in [-0.25, -0.2) is 8.42 Å². The average molecular weight is 174 g/mol. The molecule has 0 fully saturated rings. The standard InChI is InChI=1S/Mg.H2O3S.Zn.2H/c;1-4(2)3;;;/h;4H,(H,1,2,3);;;. The van der Waals surface area contributed by atoms with Crippen LogP contribution in [0.2, 0.25) is 0 Å². The molecule has 0 aromatic rings. The van der Waals surface area contributed by atoms with Crippen molar-refractivity contribution in [2.75, 3.05) is 0 Å². The summed E-state index contributed by atoms with van der Waals surface area (Å²) in [7, 11) is -3.12. The van der Waals surface area contributed by atoms with Crippen LogP contribution >= 0.6 is 0 Å². The van der Waals surface area contributed by atoms with Gasteiger partial charge in [-0.05, 0) is 0 Å². The van der Waals surface area contributed by atoms with E-state index in [4.69, 9.17) is 13.0 Å². The summed E-state index contributed by atoms with van der Waals surface area (Å²) in [6.45, 7) is 0. The van der Waals surface area contributed by atoms with E-state index in [1.165, 1.54) is 0 Å². The Morgan fingerprint density at radius 3 is 1.33 bits per heavy atom. The van der Waals surface area contributed by atoms with E-state index in [2.05, 4.69) is 0 Å². The molecule has 0 rings (SSSR count). The van der Waals surface area contributed by atoms with E-state index in [0.717, 1.165) is 0 Å². The Morgan fingerprint density at radius 1 is 1.33 bits per heavy atom. The monoisotopic (exact) mass is 172 g/mol. The van der Waals surface area contributed by atoms with Crippen molar-refractivity contribution in [3.63, 3.8) is 0 Å². The van der Waals surface area contributed by atoms with E-state index in [0.29, 0.717) is 0 Å². The van der Waals surface area contributed by atoms with Gasteiger partial charge in [-0.2, -0.15) is 0 Å². The van der Waals surface area contributed by atoms with E-state index in [-0.39, 0.29) is 42.5 Å². The first-order chi connectivity index (χ1) is 1.73. The molecule has 0 aliphatic rings. The van der Waals surface area contributed by atoms with Gasteiger partial charge in [0.1, 0.15) is 0 Å². The predicted molar refractivity (Wildman–Crippen MR) is 21.5 cm³/mol. The topological polar surface area (TPSA) is 54.4 Å². The Kier molecular flexibility index (Phi) is 25.0. The molecular weight excluding hydrogens is 170 g/mol. The second-order valence-corrected chi connectivity index (χ2v) is 0.714. The molecule has 0 aromatic carbocycles. The molecule has 0 radical (unpaired) electrons. The van der Waals surface area contributed by atoms with Crippen molar-refractivity contribution in [2.45, 2.75) is 0 Å². The van der Waals surface area contributed by atoms with Crippen LogP contribution in [0.1, 0.15) is 0 Å². The van der Waals surface area contributed by atoms with Crippen molar-refractivity contribution in [1.29, 1.82) is 0 Å². The van der Waals surface area contributed by atoms with Gasteiger partial charge in [-0.1, -0.05) is 0 Å². The third kappa shape index (κ3) is 58.0. The van der Waals surface area contributed by atoms with Crippen LogP contribution < -0.4 is 0 Å². The van der Waals surface area contributed by atoms with Gasteiger partial charge in [0, 0.05) is 19.5 Å². The summed E-state index contributed by atoms with van der Waals surface area (Å²) in [6.07, 6.45) is 0. The quantitative estimate of drug-likeness (QED) is 0.257. The van der Waals surface area contributed by atoms with Gasteiger partial charge in [0.25, 0.3) is 11.0 Å². The van der Waals surface area contributed by atoms with Crippen LogP contribution in [0.5, 0.6) is 0 Å². The van der Waals surface area contributed by atoms with Crippen LogP contribution in [0.3, 0.4) is 0 Å². The molecule has 1 N–H and O–H groups in total. The molecule has 0 saturated heterocycles. The fraction of sp³-hybridized carbons (Fsp3) is 0. The summed E-state index contributed by atoms with van der Waals surface area (Å²) in [6, 6.07) is 0. The van der Waals surface area contributed by atoms with E-state index in [9.17, 15) is 0 Å². The van der Waals surface area contributed by atoms with E-state index in [1.807, 2.05) is 0 Å². The first-order valence-corrected chi connectivity index (χ1v) is 1.70. The molecule has 3 nitrogen and oxygen atoms in total. The third-order valence-corrected chi connectivity index (χ3v) is 0. The molecule has 0 aliphatic carbocycles. The van der Waals surface area contributed by atoms with Gasteiger partial charge in [0.05, 0.1) is 0 Å². The molecule has 0 atom stereocenters. The Labute approximate surface area is 66.2 Å². The fourth-order valence-corrected chi connectivity index (χ4v) is 0. The van der Waals surface area contributed by atoms with Crippen molar-refractivity contribution in [2.24, 2.45) is 0 Å². The molecular formula is H4MgO3SZn. The minimum atomic E-state index is -3.12. The zero-order valence-corrected chi connectivity index (χ0v) is 6.28. The molecule has 0 aromatic heterocycles. The molecule has 6 heavy (non-hydrogen) atoms. The smallest absolute Gasteiger partial charge is 0.288 e. The van der Waals surface area contributed by atoms with Gasteiger partial charge in [-0.15, -0.1) is 0 Å². The largest absolute Gasteiger partial charge is 0.316 e. The molecule has 0 bridgehead atoms. The van der Waals surface area contributed by atoms with Crippen molar-refractivity contribution >= 4 is 34.0 Å². The minimum Gasteiger partial charge on any atom is -0.288 e. The van der Waals surface area contributed by atoms with Crippen LogP contribution in [0, 0.1) is 0 Å². The maximum absolute atomic E-state index is 8.59. The average Bonchev–Trinajstić information content (AvgIpc) is 0.811. The van der Waals surface area contributed by atoms with Crippen LogP contribution in [0.4, 0.5) is 0 Å². The first kappa shape index (κ1) is 15.7. The maximum Gasteiger partial charge on any atom is 0.316 e. The zero-order valence-electron chi connectivity index (χ0n) is 2.42. The SMILES string of the molecule is O=[SH](=O)O.[MgH2].[Zn]. The second kappa shape index (κ2) is 9.57. The van der Waals surface area contributed by atoms with Crippen molar-refractivity contribution in [3.05, 3.63) is 0 Å². The van der Waals surface area contributed by atoms with Crippen molar-refractivity contribution in [1.82, 2.24) is 0 Å². The Morgan fingerprint density at radius 2 is 1.33 bits per heavy atom. The first-order valence-electron chi connectivity index (χ1n) is 0.565. The molecule has 0 saturated carbocycles. The van der Waals surface area contributed by atoms with Crippen molar-refractivity contribution in [3.8, 4) is 0 Å². The molecule has 32 valence electrons. The number of rotatable bonds is 0. The second-order valence-electron chi connectivity index (χ2n) is 0.238. The van der Waals surface area contributed by atoms with Gasteiger partial charge in [-0.3, -0.25) is 4.55 Å². The number of hydrogen-bond acceptors (Lipinski definition) is 2. The Balaban J connectivity index is -0.0000000450. The normalized spacial score (nSPS) is 5.67. The third-order valence-electron chi connectivity index (χ3n) is 0. The van der Waals surface area contributed by atoms with Gasteiger partial charge >= 0.3 is 23.1 Å². The fourth-order valence-electron chi connectivity index (χ4n) is 0. The molecule has 0 amide bonds. The van der Waals surface area contributed by atoms with Crippen LogP contribution in [0.25, 0.3) is 0 Å². The Hall–Kier alpha value is 1.30. The summed E-state index contributed by atoms with van der Waals surface area (Å²) >= 11 is 0. The van der Waals surface area contributed by atoms with Crippen LogP contribution in [-0.4, -0.2) is 36.0 Å². The van der Waals surface area contributed by atoms with Gasteiger partial charge in [0.15, 0.2) is 0 Å². The summed E-state index contributed by atoms with van der Waals surface area (Å²) < 4.78 is 24.2. The molecule has 0 heterocycles. The van der Waals surface area contributed by atoms with Crippen LogP contribution in [-0.2, 0) is 30.5 Å². The van der Waals surface area contributed by atoms with Crippen LogP contribution in [0.15, 0.2) is 0 Å². The minimum absolute atomic E-state index is 0. The Bertz CT molecular complexity index is 59.2. The van der Waals surface area contributed by atoms with E-state index >= 15 is 0 Å². The summed E-state index contributed by atoms with van der Waals surface area (Å²) in [4.78, 5) is 0. The van der Waals surface area contributed by atoms with Crippen molar-refractivity contribution < 1.29 is 32.4 Å². The molecule has 0 aliphatic heterocycles. The number of hydrogen-bond donors (Lipinski definition) is 2. The number of thiol groups is 1. The maximum atomic E-state index is 8.59. The predicted octanol–water partition coefficient (Wildman–Crippen LogP) is -1.85. The molecule has 0 unspecified atom stereocenters. The zero-order chi connectivity index (χ0) is 3.58. The van der Waals surface area contributed by atoms with Gasteiger partial charge < -0.3 is 0 Å². The van der Waals surface area contributed by atoms with E-state index < -0.39 is 11.0 Å². The van der Waals surface area contributed by atoms with E-state index in [1.54, 1.807) is 0 Å². The molecule has 0 spiro atoms. The summed E-state index contributed by atoms with van der Waals surface area (Å²) in [5.41, 5.74) is 0. The molecule has 6 heteroatoms. The summed E-state index contributed by atoms with van der Waals surface area (Å²) in [5, 5.41) is 0. The summed E-state index contributed by atoms with van der Waals surface area (Å²) in [5.74, 6) is 0.